The van der Waals surface area contributed by atoms with Crippen molar-refractivity contribution in [2.45, 2.75) is 38.5 Å². The predicted octanol–water partition coefficient (Wildman–Crippen LogP) is 3.58. The highest BCUT2D eigenvalue weighted by Gasteiger charge is 2.23. The van der Waals surface area contributed by atoms with E-state index in [4.69, 9.17) is 9.47 Å². The summed E-state index contributed by atoms with van der Waals surface area (Å²) in [6, 6.07) is 5.66. The minimum absolute atomic E-state index is 0.0554. The Hall–Kier alpha value is -2.62. The summed E-state index contributed by atoms with van der Waals surface area (Å²) in [4.78, 5) is 17.9. The first-order chi connectivity index (χ1) is 17.2. The van der Waals surface area contributed by atoms with Gasteiger partial charge >= 0.3 is 6.03 Å². The fourth-order valence-corrected chi connectivity index (χ4v) is 4.82. The minimum atomic E-state index is -0.0908. The number of nitrogens with one attached hydrogen (secondary N) is 2. The van der Waals surface area contributed by atoms with Gasteiger partial charge in [-0.1, -0.05) is 25.3 Å². The van der Waals surface area contributed by atoms with Gasteiger partial charge in [0.15, 0.2) is 0 Å². The molecule has 1 aliphatic heterocycles. The molecular formula is C26H39N5O4. The minimum Gasteiger partial charge on any atom is -0.491 e. The van der Waals surface area contributed by atoms with E-state index >= 15 is 0 Å². The molecule has 192 valence electrons. The van der Waals surface area contributed by atoms with Gasteiger partial charge in [-0.05, 0) is 36.5 Å². The Morgan fingerprint density at radius 1 is 1.23 bits per heavy atom. The molecule has 2 aliphatic rings. The molecule has 1 aromatic carbocycles. The zero-order chi connectivity index (χ0) is 24.3. The number of aliphatic hydroxyl groups is 1. The van der Waals surface area contributed by atoms with Crippen LogP contribution in [-0.4, -0.2) is 90.3 Å². The second-order valence-electron chi connectivity index (χ2n) is 9.46. The monoisotopic (exact) mass is 485 g/mol. The Morgan fingerprint density at radius 3 is 2.80 bits per heavy atom. The van der Waals surface area contributed by atoms with Crippen LogP contribution in [0.3, 0.4) is 0 Å². The van der Waals surface area contributed by atoms with Gasteiger partial charge in [0.05, 0.1) is 31.7 Å². The molecule has 1 saturated carbocycles. The van der Waals surface area contributed by atoms with Crippen molar-refractivity contribution in [1.82, 2.24) is 20.0 Å². The van der Waals surface area contributed by atoms with E-state index in [-0.39, 0.29) is 12.6 Å². The molecule has 9 heteroatoms. The Kier molecular flexibility index (Phi) is 9.80. The van der Waals surface area contributed by atoms with Crippen molar-refractivity contribution in [3.8, 4) is 16.9 Å². The van der Waals surface area contributed by atoms with E-state index in [0.29, 0.717) is 36.9 Å². The van der Waals surface area contributed by atoms with E-state index in [1.165, 1.54) is 32.1 Å². The topological polar surface area (TPSA) is 103 Å². The largest absolute Gasteiger partial charge is 0.491 e. The number of hydrogen-bond donors (Lipinski definition) is 3. The number of urea groups is 1. The van der Waals surface area contributed by atoms with Gasteiger partial charge in [-0.25, -0.2) is 4.79 Å². The van der Waals surface area contributed by atoms with E-state index in [2.05, 4.69) is 20.4 Å². The Balaban J connectivity index is 1.46. The van der Waals surface area contributed by atoms with Crippen LogP contribution >= 0.6 is 0 Å². The van der Waals surface area contributed by atoms with Crippen molar-refractivity contribution in [2.24, 2.45) is 5.92 Å². The number of H-pyrrole nitrogens is 1. The molecule has 3 N–H and O–H groups in total. The van der Waals surface area contributed by atoms with Gasteiger partial charge in [0.2, 0.25) is 0 Å². The average molecular weight is 486 g/mol. The summed E-state index contributed by atoms with van der Waals surface area (Å²) >= 11 is 0. The zero-order valence-electron chi connectivity index (χ0n) is 20.6. The predicted molar refractivity (Wildman–Crippen MR) is 136 cm³/mol. The van der Waals surface area contributed by atoms with Crippen LogP contribution in [0, 0.1) is 5.92 Å². The van der Waals surface area contributed by atoms with Gasteiger partial charge in [0.25, 0.3) is 0 Å². The lowest BCUT2D eigenvalue weighted by atomic mass is 9.89. The molecule has 9 nitrogen and oxygen atoms in total. The first-order valence-electron chi connectivity index (χ1n) is 13.0. The summed E-state index contributed by atoms with van der Waals surface area (Å²) in [5.74, 6) is 1.15. The number of carbonyl (C=O) groups is 1. The van der Waals surface area contributed by atoms with E-state index < -0.39 is 0 Å². The number of amides is 2. The molecule has 2 heterocycles. The lowest BCUT2D eigenvalue weighted by Crippen LogP contribution is -2.46. The lowest BCUT2D eigenvalue weighted by molar-refractivity contribution is 0.0344. The molecule has 0 spiro atoms. The third-order valence-electron chi connectivity index (χ3n) is 6.90. The molecule has 1 aliphatic carbocycles. The summed E-state index contributed by atoms with van der Waals surface area (Å²) in [5, 5.41) is 19.2. The van der Waals surface area contributed by atoms with Crippen LogP contribution in [-0.2, 0) is 4.74 Å². The molecule has 0 atom stereocenters. The number of carbonyl (C=O) groups excluding carboxylic acids is 1. The Labute approximate surface area is 207 Å². The van der Waals surface area contributed by atoms with Crippen LogP contribution in [0.2, 0.25) is 0 Å². The van der Waals surface area contributed by atoms with Crippen LogP contribution < -0.4 is 10.1 Å². The maximum atomic E-state index is 13.5. The van der Waals surface area contributed by atoms with Crippen molar-refractivity contribution < 1.29 is 19.4 Å². The maximum Gasteiger partial charge on any atom is 0.322 e. The van der Waals surface area contributed by atoms with Gasteiger partial charge < -0.3 is 24.8 Å². The molecule has 2 fully saturated rings. The van der Waals surface area contributed by atoms with E-state index in [1.807, 2.05) is 29.3 Å². The molecule has 2 amide bonds. The number of aromatic amines is 1. The normalized spacial score (nSPS) is 17.3. The first kappa shape index (κ1) is 25.5. The van der Waals surface area contributed by atoms with Gasteiger partial charge in [0, 0.05) is 57.5 Å². The third kappa shape index (κ3) is 7.68. The zero-order valence-corrected chi connectivity index (χ0v) is 20.6. The highest BCUT2D eigenvalue weighted by molar-refractivity contribution is 5.91. The summed E-state index contributed by atoms with van der Waals surface area (Å²) in [6.45, 7) is 6.09. The van der Waals surface area contributed by atoms with Crippen molar-refractivity contribution in [2.75, 3.05) is 64.5 Å². The second-order valence-corrected chi connectivity index (χ2v) is 9.46. The smallest absolute Gasteiger partial charge is 0.322 e. The molecule has 4 rings (SSSR count). The molecule has 0 unspecified atom stereocenters. The number of benzene rings is 1. The molecule has 1 aromatic heterocycles. The summed E-state index contributed by atoms with van der Waals surface area (Å²) in [7, 11) is 0. The summed E-state index contributed by atoms with van der Waals surface area (Å²) in [6.07, 6.45) is 10.3. The van der Waals surface area contributed by atoms with Gasteiger partial charge in [0.1, 0.15) is 5.75 Å². The molecular weight excluding hydrogens is 446 g/mol. The number of aromatic nitrogens is 2. The molecule has 0 bridgehead atoms. The number of rotatable bonds is 11. The number of hydrogen-bond acceptors (Lipinski definition) is 6. The molecule has 2 aromatic rings. The van der Waals surface area contributed by atoms with Crippen LogP contribution in [0.25, 0.3) is 11.1 Å². The van der Waals surface area contributed by atoms with E-state index in [0.717, 1.165) is 50.5 Å². The summed E-state index contributed by atoms with van der Waals surface area (Å²) in [5.41, 5.74) is 2.53. The standard InChI is InChI=1S/C26H39N5O4/c32-13-4-14-35-25-17-22(23-18-27-28-19-23)7-8-24(25)29-26(33)31(20-21-5-2-1-3-6-21)10-9-30-11-15-34-16-12-30/h7-8,17-19,21,32H,1-6,9-16,20H2,(H,27,28)(H,29,33). The lowest BCUT2D eigenvalue weighted by Gasteiger charge is -2.33. The highest BCUT2D eigenvalue weighted by Crippen LogP contribution is 2.31. The van der Waals surface area contributed by atoms with Crippen molar-refractivity contribution in [3.05, 3.63) is 30.6 Å². The van der Waals surface area contributed by atoms with Crippen molar-refractivity contribution >= 4 is 11.7 Å². The van der Waals surface area contributed by atoms with Crippen LogP contribution in [0.15, 0.2) is 30.6 Å². The summed E-state index contributed by atoms with van der Waals surface area (Å²) < 4.78 is 11.4. The van der Waals surface area contributed by atoms with Crippen molar-refractivity contribution in [1.29, 1.82) is 0 Å². The maximum absolute atomic E-state index is 13.5. The first-order valence-corrected chi connectivity index (χ1v) is 13.0. The number of morpholine rings is 1. The van der Waals surface area contributed by atoms with E-state index in [1.54, 1.807) is 6.20 Å². The second kappa shape index (κ2) is 13.5. The van der Waals surface area contributed by atoms with Gasteiger partial charge in [-0.3, -0.25) is 10.00 Å². The fourth-order valence-electron chi connectivity index (χ4n) is 4.82. The third-order valence-corrected chi connectivity index (χ3v) is 6.90. The molecule has 35 heavy (non-hydrogen) atoms. The average Bonchev–Trinajstić information content (AvgIpc) is 3.44. The van der Waals surface area contributed by atoms with Crippen LogP contribution in [0.1, 0.15) is 38.5 Å². The van der Waals surface area contributed by atoms with Gasteiger partial charge in [-0.15, -0.1) is 0 Å². The number of ether oxygens (including phenoxy) is 2. The number of nitrogens with zero attached hydrogens (tertiary/aromatic N) is 3. The highest BCUT2D eigenvalue weighted by atomic mass is 16.5. The number of aliphatic hydroxyl groups excluding tert-OH is 1. The molecule has 1 saturated heterocycles. The quantitative estimate of drug-likeness (QED) is 0.421. The SMILES string of the molecule is O=C(Nc1ccc(-c2cn[nH]c2)cc1OCCCO)N(CCN1CCOCC1)CC1CCCCC1. The Bertz CT molecular complexity index is 895. The Morgan fingerprint density at radius 2 is 2.06 bits per heavy atom. The van der Waals surface area contributed by atoms with Gasteiger partial charge in [-0.2, -0.15) is 5.10 Å². The molecule has 0 radical (unpaired) electrons. The van der Waals surface area contributed by atoms with Crippen LogP contribution in [0.4, 0.5) is 10.5 Å². The fraction of sp³-hybridized carbons (Fsp3) is 0.615. The van der Waals surface area contributed by atoms with Crippen LogP contribution in [0.5, 0.6) is 5.75 Å². The van der Waals surface area contributed by atoms with E-state index in [9.17, 15) is 9.90 Å². The number of anilines is 1. The van der Waals surface area contributed by atoms with Crippen molar-refractivity contribution in [3.63, 3.8) is 0 Å².